The fourth-order valence-electron chi connectivity index (χ4n) is 5.18. The summed E-state index contributed by atoms with van der Waals surface area (Å²) >= 11 is 0. The highest BCUT2D eigenvalue weighted by Gasteiger charge is 2.51. The van der Waals surface area contributed by atoms with Gasteiger partial charge in [-0.1, -0.05) is 18.2 Å². The molecular formula is C23H25FN4O3S. The number of aliphatic imine (C=N–C) groups is 2. The number of likely N-dealkylation sites (N-methyl/N-ethyl adjacent to an activating group) is 1. The van der Waals surface area contributed by atoms with Gasteiger partial charge in [0.15, 0.2) is 0 Å². The molecule has 3 aliphatic rings. The van der Waals surface area contributed by atoms with Crippen molar-refractivity contribution < 1.29 is 17.9 Å². The molecule has 2 aromatic carbocycles. The van der Waals surface area contributed by atoms with Crippen LogP contribution in [0.3, 0.4) is 0 Å². The average Bonchev–Trinajstić information content (AvgIpc) is 3.41. The summed E-state index contributed by atoms with van der Waals surface area (Å²) in [6.07, 6.45) is 2.15. The molecule has 32 heavy (non-hydrogen) atoms. The van der Waals surface area contributed by atoms with E-state index < -0.39 is 16.1 Å². The molecule has 168 valence electrons. The lowest BCUT2D eigenvalue weighted by molar-refractivity contribution is 0.193. The summed E-state index contributed by atoms with van der Waals surface area (Å²) in [7, 11) is -1.97. The second kappa shape index (κ2) is 7.75. The highest BCUT2D eigenvalue weighted by molar-refractivity contribution is 8.04. The van der Waals surface area contributed by atoms with Crippen LogP contribution >= 0.6 is 0 Å². The lowest BCUT2D eigenvalue weighted by atomic mass is 9.81. The van der Waals surface area contributed by atoms with Gasteiger partial charge in [0.1, 0.15) is 5.82 Å². The van der Waals surface area contributed by atoms with Crippen molar-refractivity contribution in [2.24, 2.45) is 15.9 Å². The molecule has 0 amide bonds. The van der Waals surface area contributed by atoms with E-state index in [9.17, 15) is 17.9 Å². The van der Waals surface area contributed by atoms with Crippen molar-refractivity contribution in [3.63, 3.8) is 0 Å². The van der Waals surface area contributed by atoms with E-state index in [0.29, 0.717) is 13.0 Å². The van der Waals surface area contributed by atoms with Crippen LogP contribution in [0.25, 0.3) is 11.1 Å². The first-order chi connectivity index (χ1) is 15.3. The van der Waals surface area contributed by atoms with Crippen molar-refractivity contribution in [3.8, 4) is 11.1 Å². The molecule has 2 aromatic rings. The lowest BCUT2D eigenvalue weighted by Crippen LogP contribution is -2.48. The quantitative estimate of drug-likeness (QED) is 0.770. The van der Waals surface area contributed by atoms with Crippen molar-refractivity contribution in [3.05, 3.63) is 53.8 Å². The minimum atomic E-state index is -3.89. The smallest absolute Gasteiger partial charge is 0.278 e. The van der Waals surface area contributed by atoms with E-state index in [0.717, 1.165) is 22.4 Å². The molecular weight excluding hydrogens is 431 g/mol. The Morgan fingerprint density at radius 2 is 1.97 bits per heavy atom. The van der Waals surface area contributed by atoms with Gasteiger partial charge in [-0.05, 0) is 54.3 Å². The van der Waals surface area contributed by atoms with Gasteiger partial charge in [0.05, 0.1) is 24.7 Å². The maximum absolute atomic E-state index is 13.8. The summed E-state index contributed by atoms with van der Waals surface area (Å²) in [6, 6.07) is 11.2. The Morgan fingerprint density at radius 1 is 1.19 bits per heavy atom. The van der Waals surface area contributed by atoms with E-state index in [-0.39, 0.29) is 35.6 Å². The van der Waals surface area contributed by atoms with Gasteiger partial charge in [-0.15, -0.1) is 0 Å². The van der Waals surface area contributed by atoms with E-state index in [1.165, 1.54) is 22.7 Å². The number of benzene rings is 2. The normalized spacial score (nSPS) is 27.4. The molecule has 5 rings (SSSR count). The predicted molar refractivity (Wildman–Crippen MR) is 123 cm³/mol. The maximum Gasteiger partial charge on any atom is 0.278 e. The Morgan fingerprint density at radius 3 is 2.66 bits per heavy atom. The third-order valence-electron chi connectivity index (χ3n) is 6.72. The molecule has 1 N–H and O–H groups in total. The Balaban J connectivity index is 1.64. The molecule has 4 atom stereocenters. The predicted octanol–water partition coefficient (Wildman–Crippen LogP) is 2.83. The minimum absolute atomic E-state index is 0.0766. The standard InChI is InChI=1S/C23H25FN4O3S/c1-14-12-25-23(26-14)32(30,31)28-9-8-18-21(13-29)27(2)20-7-6-16(11-19(20)22(18)28)15-4-3-5-17(24)10-15/h3-7,10-12,14,18,21-22,29H,8-9,13H2,1-2H3/t14?,18-,21+,22-/m0/s1. The zero-order chi connectivity index (χ0) is 22.6. The number of aliphatic hydroxyl groups excluding tert-OH is 1. The monoisotopic (exact) mass is 456 g/mol. The van der Waals surface area contributed by atoms with Gasteiger partial charge in [-0.2, -0.15) is 4.31 Å². The highest BCUT2D eigenvalue weighted by atomic mass is 32.2. The summed E-state index contributed by atoms with van der Waals surface area (Å²) in [5.74, 6) is -0.412. The SMILES string of the molecule is CC1C=NC(S(=O)(=O)N2CC[C@H]3[C@@H](CO)N(C)c4ccc(-c5cccc(F)c5)cc4[C@H]32)=N1. The highest BCUT2D eigenvalue weighted by Crippen LogP contribution is 2.50. The molecule has 0 spiro atoms. The number of aliphatic hydroxyl groups is 1. The van der Waals surface area contributed by atoms with Crippen LogP contribution in [-0.4, -0.2) is 61.5 Å². The van der Waals surface area contributed by atoms with Crippen LogP contribution in [0.5, 0.6) is 0 Å². The molecule has 0 radical (unpaired) electrons. The van der Waals surface area contributed by atoms with Gasteiger partial charge < -0.3 is 10.0 Å². The first kappa shape index (κ1) is 21.2. The molecule has 1 fully saturated rings. The van der Waals surface area contributed by atoms with Crippen LogP contribution in [0, 0.1) is 11.7 Å². The average molecular weight is 457 g/mol. The second-order valence-electron chi connectivity index (χ2n) is 8.59. The lowest BCUT2D eigenvalue weighted by Gasteiger charge is -2.44. The molecule has 1 unspecified atom stereocenters. The number of rotatable bonds is 3. The zero-order valence-corrected chi connectivity index (χ0v) is 18.7. The number of halogens is 1. The number of sulfonamides is 1. The third kappa shape index (κ3) is 3.27. The van der Waals surface area contributed by atoms with Gasteiger partial charge in [-0.3, -0.25) is 0 Å². The molecule has 0 aromatic heterocycles. The Labute approximate surface area is 187 Å². The number of amidine groups is 1. The van der Waals surface area contributed by atoms with Gasteiger partial charge in [-0.25, -0.2) is 22.8 Å². The molecule has 0 aliphatic carbocycles. The van der Waals surface area contributed by atoms with Crippen LogP contribution in [-0.2, 0) is 10.0 Å². The largest absolute Gasteiger partial charge is 0.394 e. The van der Waals surface area contributed by atoms with Crippen molar-refractivity contribution in [2.75, 3.05) is 25.1 Å². The first-order valence-corrected chi connectivity index (χ1v) is 12.1. The third-order valence-corrected chi connectivity index (χ3v) is 8.42. The summed E-state index contributed by atoms with van der Waals surface area (Å²) in [6.45, 7) is 2.04. The molecule has 7 nitrogen and oxygen atoms in total. The minimum Gasteiger partial charge on any atom is -0.394 e. The number of hydrogen-bond acceptors (Lipinski definition) is 6. The number of fused-ring (bicyclic) bond motifs is 3. The van der Waals surface area contributed by atoms with E-state index in [2.05, 4.69) is 9.98 Å². The number of hydrogen-bond donors (Lipinski definition) is 1. The summed E-state index contributed by atoms with van der Waals surface area (Å²) in [4.78, 5) is 10.3. The van der Waals surface area contributed by atoms with Crippen molar-refractivity contribution >= 4 is 27.1 Å². The Bertz CT molecular complexity index is 1230. The van der Waals surface area contributed by atoms with Gasteiger partial charge in [0.2, 0.25) is 0 Å². The van der Waals surface area contributed by atoms with E-state index >= 15 is 0 Å². The molecule has 9 heteroatoms. The molecule has 3 heterocycles. The first-order valence-electron chi connectivity index (χ1n) is 10.7. The summed E-state index contributed by atoms with van der Waals surface area (Å²) in [5.41, 5.74) is 3.24. The van der Waals surface area contributed by atoms with Crippen LogP contribution in [0.15, 0.2) is 52.4 Å². The van der Waals surface area contributed by atoms with Gasteiger partial charge >= 0.3 is 0 Å². The molecule has 1 saturated heterocycles. The molecule has 0 saturated carbocycles. The van der Waals surface area contributed by atoms with Crippen LogP contribution in [0.4, 0.5) is 10.1 Å². The zero-order valence-electron chi connectivity index (χ0n) is 17.9. The fraction of sp³-hybridized carbons (Fsp3) is 0.391. The van der Waals surface area contributed by atoms with E-state index in [1.54, 1.807) is 13.0 Å². The summed E-state index contributed by atoms with van der Waals surface area (Å²) in [5, 5.41) is 9.97. The molecule has 0 bridgehead atoms. The summed E-state index contributed by atoms with van der Waals surface area (Å²) < 4.78 is 42.3. The number of anilines is 1. The molecule has 3 aliphatic heterocycles. The van der Waals surface area contributed by atoms with Crippen molar-refractivity contribution in [2.45, 2.75) is 31.5 Å². The Kier molecular flexibility index (Phi) is 5.15. The van der Waals surface area contributed by atoms with Gasteiger partial charge in [0, 0.05) is 31.4 Å². The Hall–Kier alpha value is -2.62. The van der Waals surface area contributed by atoms with Crippen molar-refractivity contribution in [1.82, 2.24) is 4.31 Å². The van der Waals surface area contributed by atoms with Crippen LogP contribution in [0.2, 0.25) is 0 Å². The number of nitrogens with zero attached hydrogens (tertiary/aromatic N) is 4. The van der Waals surface area contributed by atoms with E-state index in [4.69, 9.17) is 0 Å². The van der Waals surface area contributed by atoms with Crippen LogP contribution in [0.1, 0.15) is 24.9 Å². The van der Waals surface area contributed by atoms with Gasteiger partial charge in [0.25, 0.3) is 15.2 Å². The fourth-order valence-corrected chi connectivity index (χ4v) is 6.80. The van der Waals surface area contributed by atoms with Crippen LogP contribution < -0.4 is 4.90 Å². The second-order valence-corrected chi connectivity index (χ2v) is 10.4. The van der Waals surface area contributed by atoms with Crippen molar-refractivity contribution in [1.29, 1.82) is 0 Å². The maximum atomic E-state index is 13.8. The topological polar surface area (TPSA) is 85.6 Å². The van der Waals surface area contributed by atoms with E-state index in [1.807, 2.05) is 36.2 Å².